The molecule has 0 heterocycles. The van der Waals surface area contributed by atoms with Crippen LogP contribution in [-0.4, -0.2) is 30.7 Å². The lowest BCUT2D eigenvalue weighted by Gasteiger charge is -2.46. The lowest BCUT2D eigenvalue weighted by atomic mass is 9.60. The summed E-state index contributed by atoms with van der Waals surface area (Å²) in [5.74, 6) is 1.59. The van der Waals surface area contributed by atoms with E-state index in [0.29, 0.717) is 18.3 Å². The normalized spacial score (nSPS) is 34.9. The van der Waals surface area contributed by atoms with Crippen molar-refractivity contribution in [2.24, 2.45) is 17.3 Å². The van der Waals surface area contributed by atoms with E-state index in [-0.39, 0.29) is 6.10 Å². The van der Waals surface area contributed by atoms with E-state index in [4.69, 9.17) is 9.47 Å². The molecular weight excluding hydrogens is 264 g/mol. The molecule has 0 bridgehead atoms. The van der Waals surface area contributed by atoms with E-state index in [1.807, 2.05) is 6.92 Å². The smallest absolute Gasteiger partial charge is 0.147 e. The van der Waals surface area contributed by atoms with E-state index in [1.54, 1.807) is 0 Å². The first-order chi connectivity index (χ1) is 10.0. The van der Waals surface area contributed by atoms with Gasteiger partial charge in [0, 0.05) is 6.61 Å². The predicted octanol–water partition coefficient (Wildman–Crippen LogP) is 4.13. The summed E-state index contributed by atoms with van der Waals surface area (Å²) in [5, 5.41) is 9.71. The Morgan fingerprint density at radius 2 is 1.43 bits per heavy atom. The molecule has 0 spiro atoms. The Bertz CT molecular complexity index is 287. The number of ether oxygens (including phenoxy) is 2. The average Bonchev–Trinajstić information content (AvgIpc) is 2.48. The Labute approximate surface area is 130 Å². The zero-order valence-corrected chi connectivity index (χ0v) is 14.1. The van der Waals surface area contributed by atoms with Crippen molar-refractivity contribution in [1.82, 2.24) is 0 Å². The monoisotopic (exact) mass is 298 g/mol. The summed E-state index contributed by atoms with van der Waals surface area (Å²) in [4.78, 5) is 0. The van der Waals surface area contributed by atoms with Crippen molar-refractivity contribution in [2.75, 3.05) is 13.4 Å². The minimum Gasteiger partial charge on any atom is -0.393 e. The van der Waals surface area contributed by atoms with Gasteiger partial charge < -0.3 is 14.6 Å². The van der Waals surface area contributed by atoms with Gasteiger partial charge in [-0.1, -0.05) is 13.8 Å². The van der Waals surface area contributed by atoms with Crippen LogP contribution in [0.1, 0.15) is 72.1 Å². The number of aliphatic hydroxyl groups excluding tert-OH is 1. The Morgan fingerprint density at radius 1 is 0.905 bits per heavy atom. The summed E-state index contributed by atoms with van der Waals surface area (Å²) < 4.78 is 11.1. The molecule has 0 atom stereocenters. The Hall–Kier alpha value is -0.120. The van der Waals surface area contributed by atoms with E-state index >= 15 is 0 Å². The fourth-order valence-corrected chi connectivity index (χ4v) is 4.35. The third kappa shape index (κ3) is 4.67. The van der Waals surface area contributed by atoms with Crippen molar-refractivity contribution in [3.63, 3.8) is 0 Å². The molecule has 3 nitrogen and oxygen atoms in total. The molecule has 0 aliphatic heterocycles. The van der Waals surface area contributed by atoms with Crippen LogP contribution in [0.5, 0.6) is 0 Å². The molecule has 2 fully saturated rings. The van der Waals surface area contributed by atoms with Gasteiger partial charge in [-0.25, -0.2) is 0 Å². The van der Waals surface area contributed by atoms with Gasteiger partial charge in [-0.3, -0.25) is 0 Å². The van der Waals surface area contributed by atoms with Crippen molar-refractivity contribution < 1.29 is 14.6 Å². The van der Waals surface area contributed by atoms with Gasteiger partial charge in [0.05, 0.1) is 12.2 Å². The predicted molar refractivity (Wildman–Crippen MR) is 85.1 cm³/mol. The number of hydrogen-bond donors (Lipinski definition) is 1. The van der Waals surface area contributed by atoms with Gasteiger partial charge in [-0.15, -0.1) is 0 Å². The Balaban J connectivity index is 1.77. The van der Waals surface area contributed by atoms with Crippen molar-refractivity contribution in [3.8, 4) is 0 Å². The van der Waals surface area contributed by atoms with Gasteiger partial charge in [0.1, 0.15) is 6.79 Å². The van der Waals surface area contributed by atoms with Crippen molar-refractivity contribution in [2.45, 2.75) is 84.3 Å². The molecule has 2 aliphatic rings. The summed E-state index contributed by atoms with van der Waals surface area (Å²) >= 11 is 0. The highest BCUT2D eigenvalue weighted by Gasteiger charge is 2.40. The topological polar surface area (TPSA) is 38.7 Å². The summed E-state index contributed by atoms with van der Waals surface area (Å²) in [6, 6.07) is 0. The lowest BCUT2D eigenvalue weighted by Crippen LogP contribution is -2.38. The minimum atomic E-state index is -0.0419. The van der Waals surface area contributed by atoms with Gasteiger partial charge in [0.2, 0.25) is 0 Å². The molecule has 2 rings (SSSR count). The van der Waals surface area contributed by atoms with Crippen LogP contribution in [0.2, 0.25) is 0 Å². The lowest BCUT2D eigenvalue weighted by molar-refractivity contribution is -0.105. The summed E-state index contributed by atoms with van der Waals surface area (Å²) in [6.07, 6.45) is 9.68. The fourth-order valence-electron chi connectivity index (χ4n) is 4.35. The molecule has 2 saturated carbocycles. The summed E-state index contributed by atoms with van der Waals surface area (Å²) in [7, 11) is 0. The van der Waals surface area contributed by atoms with Gasteiger partial charge in [0.25, 0.3) is 0 Å². The van der Waals surface area contributed by atoms with Crippen LogP contribution in [0, 0.1) is 17.3 Å². The maximum Gasteiger partial charge on any atom is 0.147 e. The largest absolute Gasteiger partial charge is 0.393 e. The number of aliphatic hydroxyl groups is 1. The third-order valence-electron chi connectivity index (χ3n) is 6.07. The number of hydrogen-bond acceptors (Lipinski definition) is 3. The SMILES string of the molecule is CCOCOC1CCC(C(C)(C)C2CCC(O)CC2)CC1. The van der Waals surface area contributed by atoms with Crippen LogP contribution in [0.3, 0.4) is 0 Å². The molecule has 21 heavy (non-hydrogen) atoms. The molecule has 0 radical (unpaired) electrons. The molecule has 3 heteroatoms. The Kier molecular flexibility index (Phi) is 6.51. The van der Waals surface area contributed by atoms with E-state index in [9.17, 15) is 5.11 Å². The average molecular weight is 298 g/mol. The second-order valence-corrected chi connectivity index (χ2v) is 7.58. The summed E-state index contributed by atoms with van der Waals surface area (Å²) in [6.45, 7) is 8.11. The van der Waals surface area contributed by atoms with Crippen LogP contribution in [0.15, 0.2) is 0 Å². The molecule has 0 aromatic heterocycles. The molecular formula is C18H34O3. The van der Waals surface area contributed by atoms with Crippen LogP contribution >= 0.6 is 0 Å². The molecule has 0 amide bonds. The van der Waals surface area contributed by atoms with E-state index in [0.717, 1.165) is 31.3 Å². The van der Waals surface area contributed by atoms with Crippen molar-refractivity contribution >= 4 is 0 Å². The molecule has 0 aromatic rings. The second-order valence-electron chi connectivity index (χ2n) is 7.58. The standard InChI is InChI=1S/C18H34O3/c1-4-20-13-21-17-11-7-15(8-12-17)18(2,3)14-5-9-16(19)10-6-14/h14-17,19H,4-13H2,1-3H3. The molecule has 0 aromatic carbocycles. The first kappa shape index (κ1) is 17.2. The van der Waals surface area contributed by atoms with Gasteiger partial charge in [0.15, 0.2) is 0 Å². The van der Waals surface area contributed by atoms with Crippen molar-refractivity contribution in [3.05, 3.63) is 0 Å². The zero-order chi connectivity index (χ0) is 15.3. The fraction of sp³-hybridized carbons (Fsp3) is 1.00. The highest BCUT2D eigenvalue weighted by molar-refractivity contribution is 4.90. The van der Waals surface area contributed by atoms with E-state index in [1.165, 1.54) is 38.5 Å². The summed E-state index contributed by atoms with van der Waals surface area (Å²) in [5.41, 5.74) is 0.408. The van der Waals surface area contributed by atoms with Gasteiger partial charge in [-0.2, -0.15) is 0 Å². The van der Waals surface area contributed by atoms with E-state index in [2.05, 4.69) is 13.8 Å². The second kappa shape index (κ2) is 7.94. The molecule has 2 aliphatic carbocycles. The van der Waals surface area contributed by atoms with Gasteiger partial charge >= 0.3 is 0 Å². The van der Waals surface area contributed by atoms with Crippen molar-refractivity contribution in [1.29, 1.82) is 0 Å². The maximum atomic E-state index is 9.71. The molecule has 124 valence electrons. The van der Waals surface area contributed by atoms with Crippen LogP contribution in [0.25, 0.3) is 0 Å². The minimum absolute atomic E-state index is 0.0419. The highest BCUT2D eigenvalue weighted by atomic mass is 16.7. The maximum absolute atomic E-state index is 9.71. The van der Waals surface area contributed by atoms with Crippen LogP contribution in [0.4, 0.5) is 0 Å². The zero-order valence-electron chi connectivity index (χ0n) is 14.1. The quantitative estimate of drug-likeness (QED) is 0.592. The first-order valence-electron chi connectivity index (χ1n) is 8.91. The van der Waals surface area contributed by atoms with Crippen LogP contribution in [-0.2, 0) is 9.47 Å². The van der Waals surface area contributed by atoms with E-state index < -0.39 is 0 Å². The molecule has 0 unspecified atom stereocenters. The third-order valence-corrected chi connectivity index (χ3v) is 6.07. The Morgan fingerprint density at radius 3 is 1.95 bits per heavy atom. The molecule has 0 saturated heterocycles. The number of rotatable bonds is 6. The molecule has 1 N–H and O–H groups in total. The van der Waals surface area contributed by atoms with Gasteiger partial charge in [-0.05, 0) is 75.5 Å². The first-order valence-corrected chi connectivity index (χ1v) is 8.91. The highest BCUT2D eigenvalue weighted by Crippen LogP contribution is 2.48. The van der Waals surface area contributed by atoms with Crippen LogP contribution < -0.4 is 0 Å².